The first kappa shape index (κ1) is 21.5. The van der Waals surface area contributed by atoms with Crippen LogP contribution < -0.4 is 10.5 Å². The van der Waals surface area contributed by atoms with Gasteiger partial charge in [0, 0.05) is 54.1 Å². The lowest BCUT2D eigenvalue weighted by atomic mass is 10.0. The van der Waals surface area contributed by atoms with Gasteiger partial charge in [-0.3, -0.25) is 14.9 Å². The molecule has 3 N–H and O–H groups in total. The van der Waals surface area contributed by atoms with Gasteiger partial charge < -0.3 is 15.4 Å². The molecular formula is C24H24FN5O2. The zero-order valence-corrected chi connectivity index (χ0v) is 17.7. The molecule has 0 aliphatic rings. The van der Waals surface area contributed by atoms with Crippen LogP contribution in [0.2, 0.25) is 0 Å². The largest absolute Gasteiger partial charge is 0.493 e. The van der Waals surface area contributed by atoms with Gasteiger partial charge in [-0.05, 0) is 42.8 Å². The zero-order valence-electron chi connectivity index (χ0n) is 17.7. The van der Waals surface area contributed by atoms with Gasteiger partial charge in [0.25, 0.3) is 5.91 Å². The van der Waals surface area contributed by atoms with E-state index in [1.54, 1.807) is 53.8 Å². The summed E-state index contributed by atoms with van der Waals surface area (Å²) in [6.07, 6.45) is 5.13. The number of aromatic nitrogens is 3. The van der Waals surface area contributed by atoms with Crippen LogP contribution >= 0.6 is 0 Å². The third kappa shape index (κ3) is 4.45. The minimum absolute atomic E-state index is 0.182. The molecule has 7 nitrogen and oxygen atoms in total. The third-order valence-corrected chi connectivity index (χ3v) is 5.15. The molecule has 2 heterocycles. The highest BCUT2D eigenvalue weighted by Gasteiger charge is 2.19. The first-order chi connectivity index (χ1) is 15.6. The van der Waals surface area contributed by atoms with Crippen LogP contribution in [0.4, 0.5) is 4.39 Å². The van der Waals surface area contributed by atoms with Crippen molar-refractivity contribution < 1.29 is 13.9 Å². The molecular weight excluding hydrogens is 409 g/mol. The molecule has 0 radical (unpaired) electrons. The predicted octanol–water partition coefficient (Wildman–Crippen LogP) is 3.76. The minimum Gasteiger partial charge on any atom is -0.493 e. The number of hydrogen-bond acceptors (Lipinski definition) is 5. The fourth-order valence-electron chi connectivity index (χ4n) is 3.66. The van der Waals surface area contributed by atoms with Crippen LogP contribution in [0.25, 0.3) is 22.0 Å². The molecule has 8 heteroatoms. The molecule has 32 heavy (non-hydrogen) atoms. The normalized spacial score (nSPS) is 11.0. The standard InChI is InChI=1S/C24H24FN5O2/c1-2-32-22-11-17(6-7-21(22)16-4-3-5-20(25)10-16)24(31)30(9-8-26)15-19-13-27-12-18-14-28-29-23(18)19/h3-7,10-14H,2,8-9,15,26H2,1H3,(H,28,29). The first-order valence-corrected chi connectivity index (χ1v) is 10.4. The predicted molar refractivity (Wildman–Crippen MR) is 121 cm³/mol. The van der Waals surface area contributed by atoms with Crippen LogP contribution in [0.5, 0.6) is 5.75 Å². The van der Waals surface area contributed by atoms with Gasteiger partial charge in [-0.2, -0.15) is 5.10 Å². The molecule has 164 valence electrons. The number of amides is 1. The summed E-state index contributed by atoms with van der Waals surface area (Å²) in [5.41, 5.74) is 9.35. The van der Waals surface area contributed by atoms with Crippen LogP contribution in [0.1, 0.15) is 22.8 Å². The van der Waals surface area contributed by atoms with Crippen molar-refractivity contribution in [3.05, 3.63) is 78.0 Å². The van der Waals surface area contributed by atoms with Crippen molar-refractivity contribution in [2.24, 2.45) is 5.73 Å². The van der Waals surface area contributed by atoms with Gasteiger partial charge in [0.05, 0.1) is 18.3 Å². The lowest BCUT2D eigenvalue weighted by Gasteiger charge is -2.23. The maximum absolute atomic E-state index is 13.7. The highest BCUT2D eigenvalue weighted by Crippen LogP contribution is 2.32. The van der Waals surface area contributed by atoms with Crippen LogP contribution in [0.3, 0.4) is 0 Å². The average molecular weight is 433 g/mol. The maximum atomic E-state index is 13.7. The van der Waals surface area contributed by atoms with Crippen LogP contribution in [0, 0.1) is 5.82 Å². The van der Waals surface area contributed by atoms with Crippen molar-refractivity contribution >= 4 is 16.8 Å². The number of nitrogens with zero attached hydrogens (tertiary/aromatic N) is 3. The molecule has 0 unspecified atom stereocenters. The summed E-state index contributed by atoms with van der Waals surface area (Å²) in [6, 6.07) is 11.5. The van der Waals surface area contributed by atoms with E-state index in [9.17, 15) is 9.18 Å². The number of pyridine rings is 1. The Labute approximate surface area is 185 Å². The maximum Gasteiger partial charge on any atom is 0.254 e. The molecule has 0 spiro atoms. The molecule has 1 amide bonds. The summed E-state index contributed by atoms with van der Waals surface area (Å²) in [5, 5.41) is 7.89. The average Bonchev–Trinajstić information content (AvgIpc) is 3.28. The molecule has 0 saturated heterocycles. The number of H-pyrrole nitrogens is 1. The third-order valence-electron chi connectivity index (χ3n) is 5.15. The van der Waals surface area contributed by atoms with Crippen LogP contribution in [-0.4, -0.2) is 45.7 Å². The van der Waals surface area contributed by atoms with Crippen molar-refractivity contribution in [2.45, 2.75) is 13.5 Å². The Balaban J connectivity index is 1.66. The van der Waals surface area contributed by atoms with Crippen molar-refractivity contribution in [2.75, 3.05) is 19.7 Å². The second kappa shape index (κ2) is 9.57. The zero-order chi connectivity index (χ0) is 22.5. The molecule has 0 aliphatic carbocycles. The van der Waals surface area contributed by atoms with Crippen molar-refractivity contribution in [3.8, 4) is 16.9 Å². The number of carbonyl (C=O) groups is 1. The molecule has 0 aliphatic heterocycles. The van der Waals surface area contributed by atoms with Gasteiger partial charge in [-0.1, -0.05) is 12.1 Å². The van der Waals surface area contributed by atoms with E-state index in [0.29, 0.717) is 43.1 Å². The topological polar surface area (TPSA) is 97.1 Å². The molecule has 4 rings (SSSR count). The van der Waals surface area contributed by atoms with Gasteiger partial charge in [-0.25, -0.2) is 4.39 Å². The van der Waals surface area contributed by atoms with Gasteiger partial charge in [-0.15, -0.1) is 0 Å². The summed E-state index contributed by atoms with van der Waals surface area (Å²) in [7, 11) is 0. The van der Waals surface area contributed by atoms with Crippen LogP contribution in [0.15, 0.2) is 61.1 Å². The number of benzene rings is 2. The summed E-state index contributed by atoms with van der Waals surface area (Å²) >= 11 is 0. The van der Waals surface area contributed by atoms with E-state index < -0.39 is 0 Å². The van der Waals surface area contributed by atoms with E-state index in [-0.39, 0.29) is 11.7 Å². The summed E-state index contributed by atoms with van der Waals surface area (Å²) in [6.45, 7) is 3.30. The number of fused-ring (bicyclic) bond motifs is 1. The number of nitrogens with one attached hydrogen (secondary N) is 1. The Bertz CT molecular complexity index is 1240. The van der Waals surface area contributed by atoms with Crippen molar-refractivity contribution in [1.82, 2.24) is 20.1 Å². The molecule has 2 aromatic heterocycles. The first-order valence-electron chi connectivity index (χ1n) is 10.4. The van der Waals surface area contributed by atoms with Gasteiger partial charge in [0.1, 0.15) is 11.6 Å². The summed E-state index contributed by atoms with van der Waals surface area (Å²) in [5.74, 6) is 0.00788. The molecule has 2 aromatic carbocycles. The second-order valence-electron chi connectivity index (χ2n) is 7.30. The highest BCUT2D eigenvalue weighted by molar-refractivity contribution is 5.96. The number of ether oxygens (including phenoxy) is 1. The number of rotatable bonds is 8. The van der Waals surface area contributed by atoms with E-state index in [1.807, 2.05) is 6.92 Å². The Morgan fingerprint density at radius 2 is 2.06 bits per heavy atom. The Morgan fingerprint density at radius 1 is 1.19 bits per heavy atom. The van der Waals surface area contributed by atoms with E-state index in [4.69, 9.17) is 10.5 Å². The quantitative estimate of drug-likeness (QED) is 0.441. The second-order valence-corrected chi connectivity index (χ2v) is 7.30. The number of aromatic amines is 1. The molecule has 4 aromatic rings. The highest BCUT2D eigenvalue weighted by atomic mass is 19.1. The minimum atomic E-state index is -0.333. The number of halogens is 1. The molecule has 0 saturated carbocycles. The Kier molecular flexibility index (Phi) is 6.42. The summed E-state index contributed by atoms with van der Waals surface area (Å²) < 4.78 is 19.5. The van der Waals surface area contributed by atoms with Crippen molar-refractivity contribution in [1.29, 1.82) is 0 Å². The summed E-state index contributed by atoms with van der Waals surface area (Å²) in [4.78, 5) is 19.3. The number of carbonyl (C=O) groups excluding carboxylic acids is 1. The number of hydrogen-bond donors (Lipinski definition) is 2. The monoisotopic (exact) mass is 433 g/mol. The fraction of sp³-hybridized carbons (Fsp3) is 0.208. The lowest BCUT2D eigenvalue weighted by Crippen LogP contribution is -2.35. The Morgan fingerprint density at radius 3 is 2.84 bits per heavy atom. The van der Waals surface area contributed by atoms with E-state index in [1.165, 1.54) is 12.1 Å². The van der Waals surface area contributed by atoms with Gasteiger partial charge in [0.15, 0.2) is 0 Å². The molecule has 0 atom stereocenters. The SMILES string of the molecule is CCOc1cc(C(=O)N(CCN)Cc2cncc3cn[nH]c23)ccc1-c1cccc(F)c1. The molecule has 0 bridgehead atoms. The van der Waals surface area contributed by atoms with Gasteiger partial charge >= 0.3 is 0 Å². The fourth-order valence-corrected chi connectivity index (χ4v) is 3.66. The number of nitrogens with two attached hydrogens (primary N) is 1. The van der Waals surface area contributed by atoms with E-state index >= 15 is 0 Å². The Hall–Kier alpha value is -3.78. The van der Waals surface area contributed by atoms with Crippen LogP contribution in [-0.2, 0) is 6.54 Å². The van der Waals surface area contributed by atoms with E-state index in [2.05, 4.69) is 15.2 Å². The smallest absolute Gasteiger partial charge is 0.254 e. The molecule has 0 fully saturated rings. The van der Waals surface area contributed by atoms with Crippen molar-refractivity contribution in [3.63, 3.8) is 0 Å². The van der Waals surface area contributed by atoms with Gasteiger partial charge in [0.2, 0.25) is 0 Å². The van der Waals surface area contributed by atoms with E-state index in [0.717, 1.165) is 22.0 Å². The lowest BCUT2D eigenvalue weighted by molar-refractivity contribution is 0.0748.